The van der Waals surface area contributed by atoms with Crippen LogP contribution in [0.1, 0.15) is 36.6 Å². The van der Waals surface area contributed by atoms with Gasteiger partial charge in [-0.25, -0.2) is 0 Å². The van der Waals surface area contributed by atoms with Crippen LogP contribution in [-0.2, 0) is 4.74 Å². The Bertz CT molecular complexity index is 356. The fourth-order valence-corrected chi connectivity index (χ4v) is 3.82. The highest BCUT2D eigenvalue weighted by molar-refractivity contribution is 7.10. The van der Waals surface area contributed by atoms with E-state index in [4.69, 9.17) is 4.74 Å². The number of nitrogens with one attached hydrogen (secondary N) is 1. The van der Waals surface area contributed by atoms with Crippen LogP contribution in [0.3, 0.4) is 0 Å². The van der Waals surface area contributed by atoms with Gasteiger partial charge in [-0.1, -0.05) is 6.07 Å². The molecular formula is C14H21NO2S. The molecule has 18 heavy (non-hydrogen) atoms. The predicted molar refractivity (Wildman–Crippen MR) is 72.8 cm³/mol. The maximum Gasteiger partial charge on any atom is 0.0547 e. The molecule has 3 nitrogen and oxygen atoms in total. The summed E-state index contributed by atoms with van der Waals surface area (Å²) in [5, 5.41) is 15.5. The van der Waals surface area contributed by atoms with Gasteiger partial charge < -0.3 is 15.2 Å². The van der Waals surface area contributed by atoms with Crippen LogP contribution in [0.5, 0.6) is 0 Å². The third-order valence-corrected chi connectivity index (χ3v) is 5.06. The van der Waals surface area contributed by atoms with Crippen LogP contribution >= 0.6 is 11.3 Å². The standard InChI is InChI=1S/C14H21NO2S/c16-12-8-10(9-12)14(13-2-1-7-18-13)15-11-3-5-17-6-4-11/h1-2,7,10-12,14-16H,3-6,8-9H2/t10?,12?,14-/m0/s1. The van der Waals surface area contributed by atoms with Gasteiger partial charge in [0.25, 0.3) is 0 Å². The van der Waals surface area contributed by atoms with Crippen LogP contribution in [0.2, 0.25) is 0 Å². The van der Waals surface area contributed by atoms with E-state index < -0.39 is 0 Å². The fourth-order valence-electron chi connectivity index (χ4n) is 2.94. The Kier molecular flexibility index (Phi) is 3.99. The van der Waals surface area contributed by atoms with Crippen molar-refractivity contribution in [2.24, 2.45) is 5.92 Å². The highest BCUT2D eigenvalue weighted by Crippen LogP contribution is 2.40. The lowest BCUT2D eigenvalue weighted by molar-refractivity contribution is 0.0153. The summed E-state index contributed by atoms with van der Waals surface area (Å²) in [4.78, 5) is 1.42. The Morgan fingerprint density at radius 2 is 2.11 bits per heavy atom. The van der Waals surface area contributed by atoms with Crippen LogP contribution in [0.25, 0.3) is 0 Å². The lowest BCUT2D eigenvalue weighted by Crippen LogP contribution is -2.44. The van der Waals surface area contributed by atoms with Gasteiger partial charge in [0.15, 0.2) is 0 Å². The van der Waals surface area contributed by atoms with Crippen molar-refractivity contribution in [3.63, 3.8) is 0 Å². The highest BCUT2D eigenvalue weighted by Gasteiger charge is 2.36. The van der Waals surface area contributed by atoms with E-state index >= 15 is 0 Å². The first-order valence-corrected chi connectivity index (χ1v) is 7.76. The first kappa shape index (κ1) is 12.6. The van der Waals surface area contributed by atoms with Crippen molar-refractivity contribution >= 4 is 11.3 Å². The van der Waals surface area contributed by atoms with Gasteiger partial charge in [0, 0.05) is 30.2 Å². The van der Waals surface area contributed by atoms with E-state index in [1.54, 1.807) is 0 Å². The molecule has 1 atom stereocenters. The quantitative estimate of drug-likeness (QED) is 0.880. The van der Waals surface area contributed by atoms with Gasteiger partial charge in [-0.05, 0) is 43.0 Å². The summed E-state index contributed by atoms with van der Waals surface area (Å²) in [5.41, 5.74) is 0. The van der Waals surface area contributed by atoms with Gasteiger partial charge in [-0.2, -0.15) is 0 Å². The smallest absolute Gasteiger partial charge is 0.0547 e. The Balaban J connectivity index is 1.65. The Labute approximate surface area is 112 Å². The molecule has 1 saturated heterocycles. The number of aliphatic hydroxyl groups is 1. The molecule has 1 aromatic rings. The minimum absolute atomic E-state index is 0.0750. The second-order valence-electron chi connectivity index (χ2n) is 5.43. The van der Waals surface area contributed by atoms with Gasteiger partial charge >= 0.3 is 0 Å². The summed E-state index contributed by atoms with van der Waals surface area (Å²) in [7, 11) is 0. The van der Waals surface area contributed by atoms with E-state index in [0.29, 0.717) is 18.0 Å². The summed E-state index contributed by atoms with van der Waals surface area (Å²) >= 11 is 1.82. The SMILES string of the molecule is OC1CC([C@H](NC2CCOCC2)c2cccs2)C1. The lowest BCUT2D eigenvalue weighted by atomic mass is 9.76. The Morgan fingerprint density at radius 3 is 2.72 bits per heavy atom. The molecule has 2 fully saturated rings. The molecule has 2 N–H and O–H groups in total. The van der Waals surface area contributed by atoms with Crippen molar-refractivity contribution in [3.8, 4) is 0 Å². The van der Waals surface area contributed by atoms with Crippen LogP contribution in [0.15, 0.2) is 17.5 Å². The molecule has 1 aliphatic heterocycles. The van der Waals surface area contributed by atoms with Crippen LogP contribution in [0, 0.1) is 5.92 Å². The number of hydrogen-bond donors (Lipinski definition) is 2. The first-order valence-electron chi connectivity index (χ1n) is 6.88. The molecule has 1 saturated carbocycles. The third kappa shape index (κ3) is 2.77. The minimum Gasteiger partial charge on any atom is -0.393 e. The van der Waals surface area contributed by atoms with Crippen molar-refractivity contribution in [2.75, 3.05) is 13.2 Å². The average Bonchev–Trinajstić information content (AvgIpc) is 2.87. The zero-order chi connectivity index (χ0) is 12.4. The maximum absolute atomic E-state index is 9.53. The predicted octanol–water partition coefficient (Wildman–Crippen LogP) is 2.33. The monoisotopic (exact) mass is 267 g/mol. The second-order valence-corrected chi connectivity index (χ2v) is 6.41. The Hall–Kier alpha value is -0.420. The van der Waals surface area contributed by atoms with Crippen molar-refractivity contribution in [1.29, 1.82) is 0 Å². The molecule has 0 unspecified atom stereocenters. The summed E-state index contributed by atoms with van der Waals surface area (Å²) < 4.78 is 5.41. The van der Waals surface area contributed by atoms with Gasteiger partial charge in [0.1, 0.15) is 0 Å². The van der Waals surface area contributed by atoms with E-state index in [-0.39, 0.29) is 6.10 Å². The summed E-state index contributed by atoms with van der Waals surface area (Å²) in [6.07, 6.45) is 4.03. The van der Waals surface area contributed by atoms with E-state index in [1.165, 1.54) is 4.88 Å². The first-order chi connectivity index (χ1) is 8.83. The van der Waals surface area contributed by atoms with Crippen molar-refractivity contribution in [3.05, 3.63) is 22.4 Å². The topological polar surface area (TPSA) is 41.5 Å². The fraction of sp³-hybridized carbons (Fsp3) is 0.714. The number of hydrogen-bond acceptors (Lipinski definition) is 4. The molecule has 4 heteroatoms. The highest BCUT2D eigenvalue weighted by atomic mass is 32.1. The van der Waals surface area contributed by atoms with Crippen molar-refractivity contribution < 1.29 is 9.84 Å². The number of rotatable bonds is 4. The number of thiophene rings is 1. The molecule has 1 aromatic heterocycles. The van der Waals surface area contributed by atoms with Gasteiger partial charge in [-0.3, -0.25) is 0 Å². The number of aliphatic hydroxyl groups excluding tert-OH is 1. The normalized spacial score (nSPS) is 30.9. The summed E-state index contributed by atoms with van der Waals surface area (Å²) in [6.45, 7) is 1.75. The molecule has 2 heterocycles. The molecule has 0 amide bonds. The van der Waals surface area contributed by atoms with E-state index in [0.717, 1.165) is 38.9 Å². The molecule has 100 valence electrons. The molecule has 2 aliphatic rings. The molecule has 1 aliphatic carbocycles. The lowest BCUT2D eigenvalue weighted by Gasteiger charge is -2.40. The summed E-state index contributed by atoms with van der Waals surface area (Å²) in [5.74, 6) is 0.599. The van der Waals surface area contributed by atoms with Crippen LogP contribution in [0.4, 0.5) is 0 Å². The van der Waals surface area contributed by atoms with Gasteiger partial charge in [-0.15, -0.1) is 11.3 Å². The third-order valence-electron chi connectivity index (χ3n) is 4.11. The zero-order valence-electron chi connectivity index (χ0n) is 10.5. The summed E-state index contributed by atoms with van der Waals surface area (Å²) in [6, 6.07) is 5.33. The molecule has 0 bridgehead atoms. The molecule has 3 rings (SSSR count). The minimum atomic E-state index is -0.0750. The van der Waals surface area contributed by atoms with E-state index in [2.05, 4.69) is 22.8 Å². The van der Waals surface area contributed by atoms with Crippen molar-refractivity contribution in [2.45, 2.75) is 43.9 Å². The van der Waals surface area contributed by atoms with Crippen LogP contribution in [-0.4, -0.2) is 30.5 Å². The second kappa shape index (κ2) is 5.70. The van der Waals surface area contributed by atoms with Gasteiger partial charge in [0.05, 0.1) is 6.10 Å². The van der Waals surface area contributed by atoms with Crippen molar-refractivity contribution in [1.82, 2.24) is 5.32 Å². The van der Waals surface area contributed by atoms with E-state index in [1.807, 2.05) is 11.3 Å². The maximum atomic E-state index is 9.53. The largest absolute Gasteiger partial charge is 0.393 e. The van der Waals surface area contributed by atoms with Gasteiger partial charge in [0.2, 0.25) is 0 Å². The zero-order valence-corrected chi connectivity index (χ0v) is 11.4. The number of ether oxygens (including phenoxy) is 1. The molecular weight excluding hydrogens is 246 g/mol. The average molecular weight is 267 g/mol. The molecule has 0 radical (unpaired) electrons. The molecule has 0 spiro atoms. The van der Waals surface area contributed by atoms with E-state index in [9.17, 15) is 5.11 Å². The molecule has 0 aromatic carbocycles. The Morgan fingerprint density at radius 1 is 1.33 bits per heavy atom. The van der Waals surface area contributed by atoms with Crippen LogP contribution < -0.4 is 5.32 Å².